The predicted molar refractivity (Wildman–Crippen MR) is 66.6 cm³/mol. The van der Waals surface area contributed by atoms with Gasteiger partial charge in [0.2, 0.25) is 11.7 Å². The van der Waals surface area contributed by atoms with Gasteiger partial charge in [0.05, 0.1) is 12.0 Å². The monoisotopic (exact) mass is 251 g/mol. The molecule has 1 heterocycles. The van der Waals surface area contributed by atoms with Crippen LogP contribution in [-0.2, 0) is 11.2 Å². The van der Waals surface area contributed by atoms with Crippen molar-refractivity contribution >= 4 is 0 Å². The minimum Gasteiger partial charge on any atom is -0.370 e. The van der Waals surface area contributed by atoms with E-state index in [4.69, 9.17) is 14.5 Å². The first kappa shape index (κ1) is 14.7. The van der Waals surface area contributed by atoms with Crippen LogP contribution in [0.25, 0.3) is 0 Å². The maximum absolute atomic E-state index is 8.76. The molecule has 0 aromatic carbocycles. The van der Waals surface area contributed by atoms with Gasteiger partial charge in [-0.1, -0.05) is 25.9 Å². The SMILES string of the molecule is CCOC(c1noc(CC(C)C#N)n1)C(C)(C)C. The molecule has 0 aliphatic carbocycles. The van der Waals surface area contributed by atoms with Gasteiger partial charge in [0, 0.05) is 13.0 Å². The molecule has 0 radical (unpaired) electrons. The van der Waals surface area contributed by atoms with Gasteiger partial charge in [0.15, 0.2) is 0 Å². The molecule has 0 aliphatic heterocycles. The standard InChI is InChI=1S/C13H21N3O2/c1-6-17-11(13(3,4)5)12-15-10(18-16-12)7-9(2)8-14/h9,11H,6-7H2,1-5H3. The Bertz CT molecular complexity index is 415. The van der Waals surface area contributed by atoms with E-state index in [0.717, 1.165) is 0 Å². The highest BCUT2D eigenvalue weighted by molar-refractivity contribution is 4.98. The highest BCUT2D eigenvalue weighted by Crippen LogP contribution is 2.34. The van der Waals surface area contributed by atoms with Gasteiger partial charge in [-0.3, -0.25) is 0 Å². The lowest BCUT2D eigenvalue weighted by atomic mass is 9.88. The average Bonchev–Trinajstić information content (AvgIpc) is 2.72. The van der Waals surface area contributed by atoms with Crippen LogP contribution in [0.1, 0.15) is 52.4 Å². The normalized spacial score (nSPS) is 15.1. The molecule has 2 atom stereocenters. The minimum absolute atomic E-state index is 0.0992. The number of nitrogens with zero attached hydrogens (tertiary/aromatic N) is 3. The Balaban J connectivity index is 2.85. The summed E-state index contributed by atoms with van der Waals surface area (Å²) < 4.78 is 10.9. The summed E-state index contributed by atoms with van der Waals surface area (Å²) in [6.07, 6.45) is 0.282. The van der Waals surface area contributed by atoms with Crippen LogP contribution < -0.4 is 0 Å². The minimum atomic E-state index is -0.197. The largest absolute Gasteiger partial charge is 0.370 e. The van der Waals surface area contributed by atoms with Crippen LogP contribution in [0.5, 0.6) is 0 Å². The fourth-order valence-corrected chi connectivity index (χ4v) is 1.64. The number of nitriles is 1. The van der Waals surface area contributed by atoms with Gasteiger partial charge in [0.25, 0.3) is 0 Å². The van der Waals surface area contributed by atoms with Crippen LogP contribution in [0.15, 0.2) is 4.52 Å². The molecule has 0 spiro atoms. The van der Waals surface area contributed by atoms with E-state index in [2.05, 4.69) is 37.0 Å². The lowest BCUT2D eigenvalue weighted by molar-refractivity contribution is -0.0203. The van der Waals surface area contributed by atoms with Gasteiger partial charge in [-0.25, -0.2) is 0 Å². The summed E-state index contributed by atoms with van der Waals surface area (Å²) in [7, 11) is 0. The highest BCUT2D eigenvalue weighted by Gasteiger charge is 2.31. The van der Waals surface area contributed by atoms with E-state index in [0.29, 0.717) is 24.7 Å². The fraction of sp³-hybridized carbons (Fsp3) is 0.769. The van der Waals surface area contributed by atoms with E-state index in [9.17, 15) is 0 Å². The van der Waals surface area contributed by atoms with Crippen LogP contribution in [0, 0.1) is 22.7 Å². The average molecular weight is 251 g/mol. The molecule has 1 aromatic heterocycles. The Hall–Kier alpha value is -1.41. The highest BCUT2D eigenvalue weighted by atomic mass is 16.5. The van der Waals surface area contributed by atoms with E-state index in [1.165, 1.54) is 0 Å². The van der Waals surface area contributed by atoms with Crippen LogP contribution in [0.3, 0.4) is 0 Å². The number of rotatable bonds is 5. The molecule has 0 saturated heterocycles. The molecule has 0 bridgehead atoms. The van der Waals surface area contributed by atoms with Crippen LogP contribution in [-0.4, -0.2) is 16.7 Å². The third kappa shape index (κ3) is 3.81. The van der Waals surface area contributed by atoms with Crippen molar-refractivity contribution in [3.8, 4) is 6.07 Å². The first-order valence-electron chi connectivity index (χ1n) is 6.22. The van der Waals surface area contributed by atoms with Gasteiger partial charge in [-0.15, -0.1) is 0 Å². The van der Waals surface area contributed by atoms with Gasteiger partial charge in [-0.05, 0) is 19.3 Å². The summed E-state index contributed by atoms with van der Waals surface area (Å²) in [5.41, 5.74) is -0.0992. The Morgan fingerprint density at radius 1 is 1.44 bits per heavy atom. The molecule has 5 heteroatoms. The second-order valence-electron chi connectivity index (χ2n) is 5.48. The van der Waals surface area contributed by atoms with Crippen LogP contribution >= 0.6 is 0 Å². The van der Waals surface area contributed by atoms with Crippen LogP contribution in [0.2, 0.25) is 0 Å². The van der Waals surface area contributed by atoms with E-state index in [1.807, 2.05) is 13.8 Å². The maximum Gasteiger partial charge on any atom is 0.228 e. The lowest BCUT2D eigenvalue weighted by Crippen LogP contribution is -2.22. The molecule has 18 heavy (non-hydrogen) atoms. The van der Waals surface area contributed by atoms with Gasteiger partial charge in [0.1, 0.15) is 6.10 Å². The molecule has 2 unspecified atom stereocenters. The van der Waals surface area contributed by atoms with Gasteiger partial charge >= 0.3 is 0 Å². The quantitative estimate of drug-likeness (QED) is 0.804. The van der Waals surface area contributed by atoms with Gasteiger partial charge < -0.3 is 9.26 Å². The third-order valence-corrected chi connectivity index (χ3v) is 2.54. The number of hydrogen-bond donors (Lipinski definition) is 0. The molecule has 1 aromatic rings. The summed E-state index contributed by atoms with van der Waals surface area (Å²) in [5.74, 6) is 0.927. The summed E-state index contributed by atoms with van der Waals surface area (Å²) in [6, 6.07) is 2.15. The van der Waals surface area contributed by atoms with E-state index < -0.39 is 0 Å². The van der Waals surface area contributed by atoms with Crippen molar-refractivity contribution in [3.05, 3.63) is 11.7 Å². The Morgan fingerprint density at radius 2 is 2.11 bits per heavy atom. The lowest BCUT2D eigenvalue weighted by Gasteiger charge is -2.27. The number of aromatic nitrogens is 2. The van der Waals surface area contributed by atoms with E-state index in [-0.39, 0.29) is 17.4 Å². The zero-order valence-electron chi connectivity index (χ0n) is 11.7. The molecule has 0 N–H and O–H groups in total. The Kier molecular flexibility index (Phi) is 4.85. The van der Waals surface area contributed by atoms with Crippen molar-refractivity contribution in [3.63, 3.8) is 0 Å². The van der Waals surface area contributed by atoms with Crippen molar-refractivity contribution in [1.82, 2.24) is 10.1 Å². The summed E-state index contributed by atoms with van der Waals surface area (Å²) in [6.45, 7) is 10.6. The molecule has 0 fully saturated rings. The third-order valence-electron chi connectivity index (χ3n) is 2.54. The van der Waals surface area contributed by atoms with Crippen LogP contribution in [0.4, 0.5) is 0 Å². The smallest absolute Gasteiger partial charge is 0.228 e. The Morgan fingerprint density at radius 3 is 2.61 bits per heavy atom. The molecule has 1 rings (SSSR count). The zero-order chi connectivity index (χ0) is 13.8. The van der Waals surface area contributed by atoms with Crippen molar-refractivity contribution in [2.45, 2.75) is 47.1 Å². The Labute approximate surface area is 108 Å². The van der Waals surface area contributed by atoms with Crippen molar-refractivity contribution < 1.29 is 9.26 Å². The van der Waals surface area contributed by atoms with Gasteiger partial charge in [-0.2, -0.15) is 10.2 Å². The number of ether oxygens (including phenoxy) is 1. The summed E-state index contributed by atoms with van der Waals surface area (Å²) in [4.78, 5) is 4.33. The molecular formula is C13H21N3O2. The predicted octanol–water partition coefficient (Wildman–Crippen LogP) is 2.90. The molecular weight excluding hydrogens is 230 g/mol. The molecule has 0 amide bonds. The second kappa shape index (κ2) is 5.96. The van der Waals surface area contributed by atoms with E-state index in [1.54, 1.807) is 0 Å². The summed E-state index contributed by atoms with van der Waals surface area (Å²) >= 11 is 0. The zero-order valence-corrected chi connectivity index (χ0v) is 11.7. The molecule has 100 valence electrons. The fourth-order valence-electron chi connectivity index (χ4n) is 1.64. The van der Waals surface area contributed by atoms with Crippen molar-refractivity contribution in [2.24, 2.45) is 11.3 Å². The maximum atomic E-state index is 8.76. The van der Waals surface area contributed by atoms with E-state index >= 15 is 0 Å². The first-order chi connectivity index (χ1) is 8.38. The number of hydrogen-bond acceptors (Lipinski definition) is 5. The topological polar surface area (TPSA) is 71.9 Å². The molecule has 0 saturated carbocycles. The first-order valence-corrected chi connectivity index (χ1v) is 6.22. The van der Waals surface area contributed by atoms with Crippen molar-refractivity contribution in [2.75, 3.05) is 6.61 Å². The molecule has 0 aliphatic rings. The second-order valence-corrected chi connectivity index (χ2v) is 5.48. The van der Waals surface area contributed by atoms with Crippen molar-refractivity contribution in [1.29, 1.82) is 5.26 Å². The summed E-state index contributed by atoms with van der Waals surface area (Å²) in [5, 5.41) is 12.7. The molecule has 5 nitrogen and oxygen atoms in total.